The lowest BCUT2D eigenvalue weighted by Crippen LogP contribution is -2.36. The maximum Gasteiger partial charge on any atom is 0.319 e. The predicted molar refractivity (Wildman–Crippen MR) is 102 cm³/mol. The van der Waals surface area contributed by atoms with Crippen LogP contribution >= 0.6 is 0 Å². The Bertz CT molecular complexity index is 895. The highest BCUT2D eigenvalue weighted by Gasteiger charge is 2.34. The first-order valence-electron chi connectivity index (χ1n) is 9.05. The number of nitrogens with zero attached hydrogens (tertiary/aromatic N) is 2. The van der Waals surface area contributed by atoms with Crippen molar-refractivity contribution in [2.45, 2.75) is 25.8 Å². The van der Waals surface area contributed by atoms with Gasteiger partial charge in [-0.1, -0.05) is 0 Å². The summed E-state index contributed by atoms with van der Waals surface area (Å²) in [5.41, 5.74) is 3.25. The number of hydrogen-bond acceptors (Lipinski definition) is 4. The molecule has 7 heteroatoms. The lowest BCUT2D eigenvalue weighted by molar-refractivity contribution is -0.120. The fraction of sp³-hybridized carbons (Fsp3) is 0.350. The average Bonchev–Trinajstić information content (AvgIpc) is 3.48. The highest BCUT2D eigenvalue weighted by atomic mass is 16.5. The number of ether oxygens (including phenoxy) is 1. The van der Waals surface area contributed by atoms with Gasteiger partial charge in [0.25, 0.3) is 5.91 Å². The topological polar surface area (TPSA) is 83.6 Å². The first kappa shape index (κ1) is 17.3. The van der Waals surface area contributed by atoms with E-state index in [1.165, 1.54) is 4.90 Å². The van der Waals surface area contributed by atoms with Gasteiger partial charge in [0.2, 0.25) is 0 Å². The van der Waals surface area contributed by atoms with Crippen LogP contribution in [0.4, 0.5) is 16.2 Å². The van der Waals surface area contributed by atoms with Gasteiger partial charge in [0.05, 0.1) is 17.4 Å². The van der Waals surface area contributed by atoms with E-state index >= 15 is 0 Å². The third-order valence-electron chi connectivity index (χ3n) is 4.94. The Hall–Kier alpha value is -3.09. The number of amides is 3. The van der Waals surface area contributed by atoms with Crippen molar-refractivity contribution in [1.29, 1.82) is 0 Å². The maximum atomic E-state index is 12.6. The Morgan fingerprint density at radius 3 is 2.85 bits per heavy atom. The lowest BCUT2D eigenvalue weighted by atomic mass is 10.1. The number of anilines is 2. The van der Waals surface area contributed by atoms with Crippen LogP contribution in [-0.4, -0.2) is 30.6 Å². The van der Waals surface area contributed by atoms with Gasteiger partial charge in [-0.05, 0) is 61.6 Å². The SMILES string of the molecule is Cc1ccnc([C@@H](NC(=O)Nc2ccc3c(c2)N(C)C(=O)CO3)C2CC2)c1. The normalized spacial score (nSPS) is 17.0. The Kier molecular flexibility index (Phi) is 4.43. The molecule has 1 aromatic heterocycles. The van der Waals surface area contributed by atoms with Crippen LogP contribution in [0.3, 0.4) is 0 Å². The number of carbonyl (C=O) groups is 2. The average molecular weight is 366 g/mol. The number of hydrogen-bond donors (Lipinski definition) is 2. The molecule has 0 spiro atoms. The van der Waals surface area contributed by atoms with Gasteiger partial charge in [-0.25, -0.2) is 4.79 Å². The highest BCUT2D eigenvalue weighted by Crippen LogP contribution is 2.40. The number of aryl methyl sites for hydroxylation is 1. The summed E-state index contributed by atoms with van der Waals surface area (Å²) in [6, 6.07) is 8.83. The van der Waals surface area contributed by atoms with Crippen molar-refractivity contribution < 1.29 is 14.3 Å². The van der Waals surface area contributed by atoms with Gasteiger partial charge in [0.15, 0.2) is 6.61 Å². The second-order valence-electron chi connectivity index (χ2n) is 7.10. The molecule has 0 saturated heterocycles. The minimum Gasteiger partial charge on any atom is -0.482 e. The standard InChI is InChI=1S/C20H22N4O3/c1-12-7-8-21-15(9-12)19(13-3-4-13)23-20(26)22-14-5-6-17-16(10-14)24(2)18(25)11-27-17/h5-10,13,19H,3-4,11H2,1-2H3,(H2,22,23,26)/t19-/m0/s1. The third-order valence-corrected chi connectivity index (χ3v) is 4.94. The molecule has 1 fully saturated rings. The molecule has 2 aromatic rings. The minimum absolute atomic E-state index is 0.0311. The molecule has 1 saturated carbocycles. The summed E-state index contributed by atoms with van der Waals surface area (Å²) in [5, 5.41) is 5.90. The molecule has 27 heavy (non-hydrogen) atoms. The third kappa shape index (κ3) is 3.72. The van der Waals surface area contributed by atoms with E-state index in [2.05, 4.69) is 15.6 Å². The molecule has 1 atom stereocenters. The second-order valence-corrected chi connectivity index (χ2v) is 7.10. The van der Waals surface area contributed by atoms with Crippen molar-refractivity contribution in [3.05, 3.63) is 47.8 Å². The molecule has 140 valence electrons. The molecule has 0 bridgehead atoms. The molecule has 1 aliphatic carbocycles. The van der Waals surface area contributed by atoms with Gasteiger partial charge < -0.3 is 20.3 Å². The molecular weight excluding hydrogens is 344 g/mol. The van der Waals surface area contributed by atoms with Crippen molar-refractivity contribution in [1.82, 2.24) is 10.3 Å². The summed E-state index contributed by atoms with van der Waals surface area (Å²) >= 11 is 0. The number of likely N-dealkylation sites (N-methyl/N-ethyl adjacent to an activating group) is 1. The molecule has 3 amide bonds. The van der Waals surface area contributed by atoms with E-state index in [1.807, 2.05) is 19.1 Å². The largest absolute Gasteiger partial charge is 0.482 e. The molecule has 0 radical (unpaired) electrons. The molecule has 4 rings (SSSR count). The van der Waals surface area contributed by atoms with Crippen LogP contribution in [0.15, 0.2) is 36.5 Å². The maximum absolute atomic E-state index is 12.6. The zero-order valence-electron chi connectivity index (χ0n) is 15.4. The molecule has 1 aromatic carbocycles. The fourth-order valence-corrected chi connectivity index (χ4v) is 3.25. The monoisotopic (exact) mass is 366 g/mol. The van der Waals surface area contributed by atoms with E-state index in [-0.39, 0.29) is 24.6 Å². The molecule has 7 nitrogen and oxygen atoms in total. The Morgan fingerprint density at radius 1 is 1.30 bits per heavy atom. The van der Waals surface area contributed by atoms with Crippen molar-refractivity contribution in [3.63, 3.8) is 0 Å². The van der Waals surface area contributed by atoms with E-state index < -0.39 is 0 Å². The first-order valence-corrected chi connectivity index (χ1v) is 9.05. The second kappa shape index (κ2) is 6.90. The van der Waals surface area contributed by atoms with E-state index in [9.17, 15) is 9.59 Å². The Labute approximate surface area is 157 Å². The summed E-state index contributed by atoms with van der Waals surface area (Å²) in [6.07, 6.45) is 3.95. The smallest absolute Gasteiger partial charge is 0.319 e. The van der Waals surface area contributed by atoms with Crippen LogP contribution in [0.25, 0.3) is 0 Å². The molecular formula is C20H22N4O3. The summed E-state index contributed by atoms with van der Waals surface area (Å²) in [4.78, 5) is 30.3. The van der Waals surface area contributed by atoms with Crippen molar-refractivity contribution in [2.75, 3.05) is 23.9 Å². The molecule has 1 aliphatic heterocycles. The van der Waals surface area contributed by atoms with E-state index in [0.29, 0.717) is 23.0 Å². The minimum atomic E-state index is -0.291. The number of carbonyl (C=O) groups excluding carboxylic acids is 2. The van der Waals surface area contributed by atoms with Gasteiger partial charge >= 0.3 is 6.03 Å². The fourth-order valence-electron chi connectivity index (χ4n) is 3.25. The van der Waals surface area contributed by atoms with E-state index in [1.54, 1.807) is 31.4 Å². The quantitative estimate of drug-likeness (QED) is 0.871. The lowest BCUT2D eigenvalue weighted by Gasteiger charge is -2.26. The first-order chi connectivity index (χ1) is 13.0. The van der Waals surface area contributed by atoms with Crippen LogP contribution in [0, 0.1) is 12.8 Å². The zero-order valence-corrected chi connectivity index (χ0v) is 15.4. The summed E-state index contributed by atoms with van der Waals surface area (Å²) < 4.78 is 5.41. The summed E-state index contributed by atoms with van der Waals surface area (Å²) in [5.74, 6) is 0.928. The highest BCUT2D eigenvalue weighted by molar-refractivity contribution is 5.99. The van der Waals surface area contributed by atoms with Gasteiger partial charge in [0.1, 0.15) is 5.75 Å². The number of nitrogens with one attached hydrogen (secondary N) is 2. The van der Waals surface area contributed by atoms with E-state index in [4.69, 9.17) is 4.74 Å². The Morgan fingerprint density at radius 2 is 2.11 bits per heavy atom. The molecule has 2 heterocycles. The van der Waals surface area contributed by atoms with Crippen molar-refractivity contribution in [3.8, 4) is 5.75 Å². The van der Waals surface area contributed by atoms with Gasteiger partial charge in [-0.3, -0.25) is 9.78 Å². The van der Waals surface area contributed by atoms with Crippen molar-refractivity contribution in [2.24, 2.45) is 5.92 Å². The number of fused-ring (bicyclic) bond motifs is 1. The van der Waals surface area contributed by atoms with Crippen LogP contribution in [0.2, 0.25) is 0 Å². The van der Waals surface area contributed by atoms with Gasteiger partial charge in [-0.2, -0.15) is 0 Å². The Balaban J connectivity index is 1.48. The number of benzene rings is 1. The molecule has 2 aliphatic rings. The van der Waals surface area contributed by atoms with Crippen LogP contribution in [0.1, 0.15) is 30.1 Å². The summed E-state index contributed by atoms with van der Waals surface area (Å²) in [6.45, 7) is 2.05. The zero-order chi connectivity index (χ0) is 19.0. The molecule has 2 N–H and O–H groups in total. The van der Waals surface area contributed by atoms with Gasteiger partial charge in [0, 0.05) is 18.9 Å². The number of pyridine rings is 1. The number of urea groups is 1. The van der Waals surface area contributed by atoms with Crippen LogP contribution in [-0.2, 0) is 4.79 Å². The van der Waals surface area contributed by atoms with Crippen molar-refractivity contribution >= 4 is 23.3 Å². The van der Waals surface area contributed by atoms with Crippen LogP contribution < -0.4 is 20.3 Å². The number of aromatic nitrogens is 1. The van der Waals surface area contributed by atoms with Crippen LogP contribution in [0.5, 0.6) is 5.75 Å². The van der Waals surface area contributed by atoms with Gasteiger partial charge in [-0.15, -0.1) is 0 Å². The summed E-state index contributed by atoms with van der Waals surface area (Å²) in [7, 11) is 1.69. The number of rotatable bonds is 4. The predicted octanol–water partition coefficient (Wildman–Crippen LogP) is 3.02. The van der Waals surface area contributed by atoms with E-state index in [0.717, 1.165) is 24.1 Å². The molecule has 0 unspecified atom stereocenters.